The highest BCUT2D eigenvalue weighted by molar-refractivity contribution is 14.0. The summed E-state index contributed by atoms with van der Waals surface area (Å²) in [4.78, 5) is 6.85. The molecule has 0 unspecified atom stereocenters. The van der Waals surface area contributed by atoms with Gasteiger partial charge in [-0.2, -0.15) is 0 Å². The van der Waals surface area contributed by atoms with Crippen molar-refractivity contribution >= 4 is 41.3 Å². The second kappa shape index (κ2) is 10.7. The van der Waals surface area contributed by atoms with E-state index in [-0.39, 0.29) is 24.0 Å². The summed E-state index contributed by atoms with van der Waals surface area (Å²) in [5, 5.41) is 10.8. The van der Waals surface area contributed by atoms with Crippen molar-refractivity contribution in [1.82, 2.24) is 15.8 Å². The standard InChI is InChI=1S/C17H26N4OS.HI/c1-5-13(6-2)16-9-14(22-21-16)10-19-17(18-4)20-11-15-8-7-12(3)23-15;/h7-9,13H,5-6,10-11H2,1-4H3,(H2,18,19,20);1H. The first-order valence-corrected chi connectivity index (χ1v) is 8.93. The topological polar surface area (TPSA) is 62.5 Å². The Kier molecular flexibility index (Phi) is 9.35. The molecule has 0 fully saturated rings. The lowest BCUT2D eigenvalue weighted by atomic mass is 9.99. The number of rotatable bonds is 7. The predicted molar refractivity (Wildman–Crippen MR) is 111 cm³/mol. The van der Waals surface area contributed by atoms with Gasteiger partial charge < -0.3 is 15.2 Å². The second-order valence-electron chi connectivity index (χ2n) is 5.52. The number of aromatic nitrogens is 1. The third kappa shape index (κ3) is 6.08. The van der Waals surface area contributed by atoms with Crippen LogP contribution in [-0.2, 0) is 13.1 Å². The van der Waals surface area contributed by atoms with Crippen LogP contribution >= 0.6 is 35.3 Å². The van der Waals surface area contributed by atoms with Gasteiger partial charge in [0.2, 0.25) is 0 Å². The first-order chi connectivity index (χ1) is 11.2. The number of aryl methyl sites for hydroxylation is 1. The molecular formula is C17H27IN4OS. The van der Waals surface area contributed by atoms with Gasteiger partial charge in [0.25, 0.3) is 0 Å². The van der Waals surface area contributed by atoms with Crippen LogP contribution in [0.1, 0.15) is 53.8 Å². The Hall–Kier alpha value is -1.09. The molecule has 134 valence electrons. The van der Waals surface area contributed by atoms with Gasteiger partial charge in [0.15, 0.2) is 11.7 Å². The third-order valence-electron chi connectivity index (χ3n) is 3.86. The maximum Gasteiger partial charge on any atom is 0.191 e. The van der Waals surface area contributed by atoms with E-state index < -0.39 is 0 Å². The number of halogens is 1. The minimum Gasteiger partial charge on any atom is -0.359 e. The van der Waals surface area contributed by atoms with E-state index in [0.717, 1.165) is 36.8 Å². The second-order valence-corrected chi connectivity index (χ2v) is 6.90. The summed E-state index contributed by atoms with van der Waals surface area (Å²) < 4.78 is 5.42. The number of aliphatic imine (C=N–C) groups is 1. The molecular weight excluding hydrogens is 435 g/mol. The molecule has 0 aliphatic rings. The molecule has 0 aromatic carbocycles. The first kappa shape index (κ1) is 21.0. The molecule has 0 atom stereocenters. The minimum atomic E-state index is 0. The molecule has 2 N–H and O–H groups in total. The van der Waals surface area contributed by atoms with Crippen molar-refractivity contribution in [2.24, 2.45) is 4.99 Å². The lowest BCUT2D eigenvalue weighted by molar-refractivity contribution is 0.368. The third-order valence-corrected chi connectivity index (χ3v) is 4.86. The van der Waals surface area contributed by atoms with Crippen molar-refractivity contribution in [3.05, 3.63) is 39.4 Å². The summed E-state index contributed by atoms with van der Waals surface area (Å²) >= 11 is 1.79. The Morgan fingerprint density at radius 2 is 1.96 bits per heavy atom. The van der Waals surface area contributed by atoms with Crippen molar-refractivity contribution in [3.8, 4) is 0 Å². The lowest BCUT2D eigenvalue weighted by Gasteiger charge is -2.09. The van der Waals surface area contributed by atoms with Crippen LogP contribution in [0.15, 0.2) is 27.7 Å². The largest absolute Gasteiger partial charge is 0.359 e. The van der Waals surface area contributed by atoms with E-state index in [1.807, 2.05) is 6.07 Å². The maximum atomic E-state index is 5.42. The van der Waals surface area contributed by atoms with Gasteiger partial charge in [-0.05, 0) is 31.9 Å². The summed E-state index contributed by atoms with van der Waals surface area (Å²) in [5.74, 6) is 2.07. The summed E-state index contributed by atoms with van der Waals surface area (Å²) in [6.07, 6.45) is 2.17. The molecule has 2 rings (SSSR count). The molecule has 2 aromatic heterocycles. The van der Waals surface area contributed by atoms with Crippen LogP contribution in [0.2, 0.25) is 0 Å². The highest BCUT2D eigenvalue weighted by Crippen LogP contribution is 2.22. The molecule has 7 heteroatoms. The molecule has 5 nitrogen and oxygen atoms in total. The molecule has 0 aliphatic carbocycles. The monoisotopic (exact) mass is 462 g/mol. The predicted octanol–water partition coefficient (Wildman–Crippen LogP) is 4.43. The highest BCUT2D eigenvalue weighted by Gasteiger charge is 2.13. The Bertz CT molecular complexity index is 634. The quantitative estimate of drug-likeness (QED) is 0.363. The van der Waals surface area contributed by atoms with Crippen molar-refractivity contribution in [2.75, 3.05) is 7.05 Å². The Balaban J connectivity index is 0.00000288. The number of nitrogens with zero attached hydrogens (tertiary/aromatic N) is 2. The highest BCUT2D eigenvalue weighted by atomic mass is 127. The normalized spacial score (nSPS) is 11.5. The van der Waals surface area contributed by atoms with E-state index in [1.54, 1.807) is 18.4 Å². The van der Waals surface area contributed by atoms with Crippen LogP contribution in [0.5, 0.6) is 0 Å². The van der Waals surface area contributed by atoms with Gasteiger partial charge in [-0.3, -0.25) is 4.99 Å². The maximum absolute atomic E-state index is 5.42. The Labute approximate surface area is 165 Å². The van der Waals surface area contributed by atoms with E-state index >= 15 is 0 Å². The van der Waals surface area contributed by atoms with Gasteiger partial charge in [0.05, 0.1) is 18.8 Å². The van der Waals surface area contributed by atoms with Crippen LogP contribution in [-0.4, -0.2) is 18.2 Å². The SMILES string of the molecule is CCC(CC)c1cc(CNC(=NC)NCc2ccc(C)s2)on1.I. The van der Waals surface area contributed by atoms with Crippen LogP contribution in [0.3, 0.4) is 0 Å². The van der Waals surface area contributed by atoms with Crippen molar-refractivity contribution < 1.29 is 4.52 Å². The van der Waals surface area contributed by atoms with Crippen LogP contribution < -0.4 is 10.6 Å². The molecule has 0 amide bonds. The minimum absolute atomic E-state index is 0. The number of hydrogen-bond acceptors (Lipinski definition) is 4. The summed E-state index contributed by atoms with van der Waals surface area (Å²) in [5.41, 5.74) is 1.05. The summed E-state index contributed by atoms with van der Waals surface area (Å²) in [6.45, 7) is 7.82. The van der Waals surface area contributed by atoms with Gasteiger partial charge in [0.1, 0.15) is 0 Å². The molecule has 2 aromatic rings. The van der Waals surface area contributed by atoms with Gasteiger partial charge in [-0.1, -0.05) is 19.0 Å². The van der Waals surface area contributed by atoms with E-state index in [0.29, 0.717) is 12.5 Å². The van der Waals surface area contributed by atoms with E-state index in [4.69, 9.17) is 4.52 Å². The number of nitrogens with one attached hydrogen (secondary N) is 2. The van der Waals surface area contributed by atoms with Gasteiger partial charge >= 0.3 is 0 Å². The van der Waals surface area contributed by atoms with E-state index in [9.17, 15) is 0 Å². The molecule has 0 radical (unpaired) electrons. The molecule has 0 bridgehead atoms. The molecule has 0 saturated heterocycles. The fourth-order valence-electron chi connectivity index (χ4n) is 2.45. The van der Waals surface area contributed by atoms with Crippen molar-refractivity contribution in [1.29, 1.82) is 0 Å². The zero-order valence-electron chi connectivity index (χ0n) is 14.8. The van der Waals surface area contributed by atoms with Crippen molar-refractivity contribution in [3.63, 3.8) is 0 Å². The smallest absolute Gasteiger partial charge is 0.191 e. The molecule has 0 aliphatic heterocycles. The van der Waals surface area contributed by atoms with Crippen molar-refractivity contribution in [2.45, 2.75) is 52.6 Å². The fourth-order valence-corrected chi connectivity index (χ4v) is 3.28. The molecule has 0 saturated carbocycles. The summed E-state index contributed by atoms with van der Waals surface area (Å²) in [7, 11) is 1.77. The van der Waals surface area contributed by atoms with E-state index in [1.165, 1.54) is 9.75 Å². The molecule has 2 heterocycles. The molecule has 0 spiro atoms. The average Bonchev–Trinajstić information content (AvgIpc) is 3.18. The Morgan fingerprint density at radius 1 is 1.25 bits per heavy atom. The van der Waals surface area contributed by atoms with Crippen LogP contribution in [0.4, 0.5) is 0 Å². The summed E-state index contributed by atoms with van der Waals surface area (Å²) in [6, 6.07) is 6.31. The zero-order valence-corrected chi connectivity index (χ0v) is 17.9. The Morgan fingerprint density at radius 3 is 2.54 bits per heavy atom. The first-order valence-electron chi connectivity index (χ1n) is 8.11. The fraction of sp³-hybridized carbons (Fsp3) is 0.529. The zero-order chi connectivity index (χ0) is 16.7. The number of guanidine groups is 1. The van der Waals surface area contributed by atoms with Crippen LogP contribution in [0.25, 0.3) is 0 Å². The van der Waals surface area contributed by atoms with Crippen LogP contribution in [0, 0.1) is 6.92 Å². The van der Waals surface area contributed by atoms with Gasteiger partial charge in [-0.25, -0.2) is 0 Å². The lowest BCUT2D eigenvalue weighted by Crippen LogP contribution is -2.36. The molecule has 24 heavy (non-hydrogen) atoms. The number of hydrogen-bond donors (Lipinski definition) is 2. The average molecular weight is 462 g/mol. The van der Waals surface area contributed by atoms with E-state index in [2.05, 4.69) is 53.7 Å². The van der Waals surface area contributed by atoms with Gasteiger partial charge in [-0.15, -0.1) is 35.3 Å². The number of thiophene rings is 1. The van der Waals surface area contributed by atoms with Gasteiger partial charge in [0, 0.05) is 28.8 Å².